The minimum absolute atomic E-state index is 0.00541. The molecule has 0 spiro atoms. The zero-order valence-corrected chi connectivity index (χ0v) is 26.7. The van der Waals surface area contributed by atoms with E-state index in [0.29, 0.717) is 12.8 Å². The highest BCUT2D eigenvalue weighted by molar-refractivity contribution is 6.28. The van der Waals surface area contributed by atoms with Crippen molar-refractivity contribution in [2.24, 2.45) is 5.92 Å². The lowest BCUT2D eigenvalue weighted by Gasteiger charge is -2.33. The topological polar surface area (TPSA) is 118 Å². The number of Topliss-reactive ketones (excluding diaryl/α,β-unsaturated/α-hetero) is 4. The van der Waals surface area contributed by atoms with E-state index in [1.807, 2.05) is 0 Å². The number of hydrogen-bond acceptors (Lipinski definition) is 7. The molecule has 1 heterocycles. The SMILES string of the molecule is CCCCCCCCCCCC1=C(O)C(=O)C2=C(OC3=C(C(=O)C(O)=C(CCCCCCCCCCC)C3=O)C2C)C1=O. The quantitative estimate of drug-likeness (QED) is 0.106. The second kappa shape index (κ2) is 17.4. The maximum absolute atomic E-state index is 13.5. The van der Waals surface area contributed by atoms with Crippen molar-refractivity contribution >= 4 is 23.1 Å². The summed E-state index contributed by atoms with van der Waals surface area (Å²) in [4.78, 5) is 53.3. The lowest BCUT2D eigenvalue weighted by atomic mass is 9.75. The minimum atomic E-state index is -0.973. The number of carbonyl (C=O) groups excluding carboxylic acids is 4. The molecule has 0 unspecified atom stereocenters. The van der Waals surface area contributed by atoms with Gasteiger partial charge in [0.25, 0.3) is 0 Å². The molecule has 1 aliphatic heterocycles. The van der Waals surface area contributed by atoms with Crippen molar-refractivity contribution in [2.45, 2.75) is 149 Å². The van der Waals surface area contributed by atoms with Crippen LogP contribution in [0.1, 0.15) is 149 Å². The maximum Gasteiger partial charge on any atom is 0.228 e. The number of ether oxygens (including phenoxy) is 1. The molecule has 0 fully saturated rings. The third-order valence-corrected chi connectivity index (χ3v) is 9.07. The van der Waals surface area contributed by atoms with Crippen LogP contribution in [0.25, 0.3) is 0 Å². The molecule has 0 bridgehead atoms. The zero-order valence-electron chi connectivity index (χ0n) is 26.7. The van der Waals surface area contributed by atoms with Gasteiger partial charge < -0.3 is 14.9 Å². The van der Waals surface area contributed by atoms with E-state index in [0.717, 1.165) is 38.5 Å². The third-order valence-electron chi connectivity index (χ3n) is 9.07. The molecule has 0 aromatic rings. The van der Waals surface area contributed by atoms with Gasteiger partial charge in [0.2, 0.25) is 23.1 Å². The molecule has 0 aromatic heterocycles. The van der Waals surface area contributed by atoms with E-state index in [1.165, 1.54) is 71.1 Å². The van der Waals surface area contributed by atoms with Gasteiger partial charge in [0.15, 0.2) is 23.0 Å². The first kappa shape index (κ1) is 34.5. The van der Waals surface area contributed by atoms with Gasteiger partial charge in [0.1, 0.15) is 0 Å². The fraction of sp³-hybridized carbons (Fsp3) is 0.667. The molecular weight excluding hydrogens is 544 g/mol. The van der Waals surface area contributed by atoms with Crippen LogP contribution in [0.4, 0.5) is 0 Å². The summed E-state index contributed by atoms with van der Waals surface area (Å²) in [5.74, 6) is -5.47. The monoisotopic (exact) mass is 596 g/mol. The zero-order chi connectivity index (χ0) is 31.4. The van der Waals surface area contributed by atoms with Crippen LogP contribution in [0.5, 0.6) is 0 Å². The highest BCUT2D eigenvalue weighted by Gasteiger charge is 2.48. The van der Waals surface area contributed by atoms with Gasteiger partial charge in [-0.05, 0) is 25.7 Å². The third kappa shape index (κ3) is 8.57. The van der Waals surface area contributed by atoms with E-state index < -0.39 is 40.6 Å². The number of aliphatic hydroxyl groups excluding tert-OH is 2. The first-order valence-electron chi connectivity index (χ1n) is 16.9. The van der Waals surface area contributed by atoms with E-state index in [1.54, 1.807) is 0 Å². The Morgan fingerprint density at radius 2 is 0.791 bits per heavy atom. The lowest BCUT2D eigenvalue weighted by Crippen LogP contribution is -2.38. The number of aliphatic hydroxyl groups is 2. The first-order chi connectivity index (χ1) is 20.8. The Bertz CT molecular complexity index is 1090. The fourth-order valence-electron chi connectivity index (χ4n) is 6.39. The number of carbonyl (C=O) groups is 4. The summed E-state index contributed by atoms with van der Waals surface area (Å²) in [5, 5.41) is 21.4. The molecule has 0 saturated heterocycles. The second-order valence-electron chi connectivity index (χ2n) is 12.4. The number of unbranched alkanes of at least 4 members (excludes halogenated alkanes) is 16. The molecule has 7 heteroatoms. The van der Waals surface area contributed by atoms with Gasteiger partial charge in [-0.2, -0.15) is 0 Å². The van der Waals surface area contributed by atoms with Crippen molar-refractivity contribution in [3.63, 3.8) is 0 Å². The Kier molecular flexibility index (Phi) is 13.9. The predicted octanol–water partition coefficient (Wildman–Crippen LogP) is 8.93. The molecule has 2 N–H and O–H groups in total. The molecule has 43 heavy (non-hydrogen) atoms. The van der Waals surface area contributed by atoms with Crippen molar-refractivity contribution in [3.8, 4) is 0 Å². The molecule has 0 amide bonds. The van der Waals surface area contributed by atoms with Gasteiger partial charge in [-0.15, -0.1) is 0 Å². The van der Waals surface area contributed by atoms with Crippen molar-refractivity contribution < 1.29 is 34.1 Å². The van der Waals surface area contributed by atoms with Gasteiger partial charge >= 0.3 is 0 Å². The molecule has 3 rings (SSSR count). The van der Waals surface area contributed by atoms with E-state index in [2.05, 4.69) is 13.8 Å². The second-order valence-corrected chi connectivity index (χ2v) is 12.4. The van der Waals surface area contributed by atoms with Gasteiger partial charge in [-0.25, -0.2) is 0 Å². The number of ketones is 4. The van der Waals surface area contributed by atoms with Crippen LogP contribution >= 0.6 is 0 Å². The van der Waals surface area contributed by atoms with Gasteiger partial charge in [0.05, 0.1) is 11.1 Å². The lowest BCUT2D eigenvalue weighted by molar-refractivity contribution is -0.124. The van der Waals surface area contributed by atoms with Crippen LogP contribution in [0.2, 0.25) is 0 Å². The van der Waals surface area contributed by atoms with Crippen LogP contribution in [0.3, 0.4) is 0 Å². The van der Waals surface area contributed by atoms with Crippen LogP contribution < -0.4 is 0 Å². The average molecular weight is 597 g/mol. The average Bonchev–Trinajstić information content (AvgIpc) is 2.99. The summed E-state index contributed by atoms with van der Waals surface area (Å²) in [6.45, 7) is 5.92. The van der Waals surface area contributed by atoms with Gasteiger partial charge in [-0.1, -0.05) is 124 Å². The highest BCUT2D eigenvalue weighted by atomic mass is 16.5. The molecule has 3 aliphatic rings. The summed E-state index contributed by atoms with van der Waals surface area (Å²) in [5.41, 5.74) is -0.251. The van der Waals surface area contributed by atoms with E-state index >= 15 is 0 Å². The normalized spacial score (nSPS) is 17.7. The van der Waals surface area contributed by atoms with Gasteiger partial charge in [-0.3, -0.25) is 19.2 Å². The molecule has 0 saturated carbocycles. The smallest absolute Gasteiger partial charge is 0.228 e. The van der Waals surface area contributed by atoms with Gasteiger partial charge in [0, 0.05) is 17.1 Å². The number of rotatable bonds is 20. The first-order valence-corrected chi connectivity index (χ1v) is 16.9. The predicted molar refractivity (Wildman–Crippen MR) is 167 cm³/mol. The summed E-state index contributed by atoms with van der Waals surface area (Å²) in [7, 11) is 0. The van der Waals surface area contributed by atoms with Crippen molar-refractivity contribution in [3.05, 3.63) is 45.3 Å². The summed E-state index contributed by atoms with van der Waals surface area (Å²) in [6.07, 6.45) is 20.1. The molecule has 2 aliphatic carbocycles. The summed E-state index contributed by atoms with van der Waals surface area (Å²) < 4.78 is 5.80. The molecule has 238 valence electrons. The Labute approximate surface area is 257 Å². The molecule has 0 aromatic carbocycles. The number of hydrogen-bond donors (Lipinski definition) is 2. The number of allylic oxidation sites excluding steroid dienone is 4. The van der Waals surface area contributed by atoms with Crippen molar-refractivity contribution in [2.75, 3.05) is 0 Å². The van der Waals surface area contributed by atoms with E-state index in [9.17, 15) is 29.4 Å². The molecule has 0 radical (unpaired) electrons. The Hall–Kier alpha value is -2.96. The Morgan fingerprint density at radius 1 is 0.488 bits per heavy atom. The minimum Gasteiger partial charge on any atom is -0.504 e. The van der Waals surface area contributed by atoms with Crippen LogP contribution in [-0.4, -0.2) is 33.3 Å². The molecule has 7 nitrogen and oxygen atoms in total. The molecule has 0 atom stereocenters. The van der Waals surface area contributed by atoms with Crippen LogP contribution in [0.15, 0.2) is 45.3 Å². The Balaban J connectivity index is 1.58. The van der Waals surface area contributed by atoms with Crippen LogP contribution in [0, 0.1) is 5.92 Å². The fourth-order valence-corrected chi connectivity index (χ4v) is 6.39. The highest BCUT2D eigenvalue weighted by Crippen LogP contribution is 2.43. The summed E-state index contributed by atoms with van der Waals surface area (Å²) >= 11 is 0. The van der Waals surface area contributed by atoms with Crippen molar-refractivity contribution in [1.29, 1.82) is 0 Å². The summed E-state index contributed by atoms with van der Waals surface area (Å²) in [6, 6.07) is 0. The van der Waals surface area contributed by atoms with E-state index in [-0.39, 0.29) is 46.7 Å². The standard InChI is InChI=1S/C36H52O7/c1-4-6-8-10-12-14-16-18-20-22-25-29(37)33(41)27-24(3)28-34(42)30(38)26(32(40)36(28)43-35(27)31(25)39)23-21-19-17-15-13-11-9-7-5-2/h24,37-38H,4-23H2,1-3H3. The Morgan fingerprint density at radius 3 is 1.12 bits per heavy atom. The maximum atomic E-state index is 13.5. The van der Waals surface area contributed by atoms with E-state index in [4.69, 9.17) is 4.74 Å². The molecular formula is C36H52O7. The van der Waals surface area contributed by atoms with Crippen molar-refractivity contribution in [1.82, 2.24) is 0 Å². The largest absolute Gasteiger partial charge is 0.504 e. The van der Waals surface area contributed by atoms with Crippen LogP contribution in [-0.2, 0) is 23.9 Å².